The van der Waals surface area contributed by atoms with Crippen LogP contribution in [0.1, 0.15) is 11.6 Å². The summed E-state index contributed by atoms with van der Waals surface area (Å²) in [6.45, 7) is 2.42. The molecule has 0 spiro atoms. The lowest BCUT2D eigenvalue weighted by Crippen LogP contribution is -2.28. The van der Waals surface area contributed by atoms with E-state index in [1.54, 1.807) is 13.2 Å². The van der Waals surface area contributed by atoms with Gasteiger partial charge in [0.2, 0.25) is 5.91 Å². The minimum atomic E-state index is -0.379. The van der Waals surface area contributed by atoms with E-state index < -0.39 is 0 Å². The van der Waals surface area contributed by atoms with Crippen molar-refractivity contribution in [2.75, 3.05) is 6.54 Å². The number of primary amides is 1. The van der Waals surface area contributed by atoms with Crippen LogP contribution in [0.4, 0.5) is 0 Å². The number of nitrogens with two attached hydrogens (primary N) is 1. The first-order chi connectivity index (χ1) is 5.68. The zero-order valence-corrected chi connectivity index (χ0v) is 6.83. The van der Waals surface area contributed by atoms with Crippen LogP contribution in [0, 0.1) is 6.92 Å². The minimum absolute atomic E-state index is 0.159. The van der Waals surface area contributed by atoms with Gasteiger partial charge < -0.3 is 15.5 Å². The van der Waals surface area contributed by atoms with Crippen LogP contribution >= 0.6 is 0 Å². The van der Waals surface area contributed by atoms with Gasteiger partial charge in [-0.25, -0.2) is 4.98 Å². The summed E-state index contributed by atoms with van der Waals surface area (Å²) in [6, 6.07) is 0. The lowest BCUT2D eigenvalue weighted by molar-refractivity contribution is -0.117. The highest BCUT2D eigenvalue weighted by Gasteiger charge is 1.99. The molecule has 1 heterocycles. The third-order valence-corrected chi connectivity index (χ3v) is 1.27. The van der Waals surface area contributed by atoms with Gasteiger partial charge in [-0.2, -0.15) is 0 Å². The van der Waals surface area contributed by atoms with Crippen molar-refractivity contribution >= 4 is 5.91 Å². The van der Waals surface area contributed by atoms with Gasteiger partial charge in [0.15, 0.2) is 5.89 Å². The smallest absolute Gasteiger partial charge is 0.231 e. The van der Waals surface area contributed by atoms with Gasteiger partial charge >= 0.3 is 0 Å². The summed E-state index contributed by atoms with van der Waals surface area (Å²) in [5.41, 5.74) is 5.69. The van der Waals surface area contributed by atoms with E-state index in [0.717, 1.165) is 5.69 Å². The zero-order chi connectivity index (χ0) is 8.97. The van der Waals surface area contributed by atoms with E-state index in [4.69, 9.17) is 10.2 Å². The fourth-order valence-corrected chi connectivity index (χ4v) is 0.803. The molecule has 0 aromatic carbocycles. The van der Waals surface area contributed by atoms with E-state index in [2.05, 4.69) is 10.3 Å². The molecule has 0 saturated carbocycles. The molecule has 3 N–H and O–H groups in total. The van der Waals surface area contributed by atoms with Crippen molar-refractivity contribution in [1.82, 2.24) is 10.3 Å². The van der Waals surface area contributed by atoms with Crippen molar-refractivity contribution in [3.63, 3.8) is 0 Å². The van der Waals surface area contributed by atoms with Crippen LogP contribution in [0.2, 0.25) is 0 Å². The maximum absolute atomic E-state index is 10.3. The summed E-state index contributed by atoms with van der Waals surface area (Å²) >= 11 is 0. The number of carbonyl (C=O) groups is 1. The fraction of sp³-hybridized carbons (Fsp3) is 0.429. The van der Waals surface area contributed by atoms with Crippen LogP contribution in [-0.4, -0.2) is 17.4 Å². The molecule has 1 aromatic heterocycles. The summed E-state index contributed by atoms with van der Waals surface area (Å²) in [7, 11) is 0. The Morgan fingerprint density at radius 2 is 2.58 bits per heavy atom. The molecule has 0 aliphatic heterocycles. The molecular formula is C7H11N3O2. The molecule has 0 unspecified atom stereocenters. The highest BCUT2D eigenvalue weighted by atomic mass is 16.3. The normalized spacial score (nSPS) is 10.1. The van der Waals surface area contributed by atoms with Crippen molar-refractivity contribution in [1.29, 1.82) is 0 Å². The van der Waals surface area contributed by atoms with Crippen LogP contribution in [0.15, 0.2) is 10.7 Å². The molecule has 1 aromatic rings. The predicted molar refractivity (Wildman–Crippen MR) is 42.1 cm³/mol. The van der Waals surface area contributed by atoms with Crippen molar-refractivity contribution in [2.45, 2.75) is 13.5 Å². The molecular weight excluding hydrogens is 158 g/mol. The Morgan fingerprint density at radius 3 is 3.08 bits per heavy atom. The second-order valence-electron chi connectivity index (χ2n) is 2.43. The molecule has 5 nitrogen and oxygen atoms in total. The molecule has 66 valence electrons. The van der Waals surface area contributed by atoms with Crippen LogP contribution in [0.3, 0.4) is 0 Å². The van der Waals surface area contributed by atoms with E-state index in [0.29, 0.717) is 12.4 Å². The number of rotatable bonds is 4. The summed E-state index contributed by atoms with van der Waals surface area (Å²) in [6.07, 6.45) is 1.54. The average Bonchev–Trinajstić information content (AvgIpc) is 2.35. The van der Waals surface area contributed by atoms with Gasteiger partial charge in [0.25, 0.3) is 0 Å². The Morgan fingerprint density at radius 1 is 1.83 bits per heavy atom. The predicted octanol–water partition coefficient (Wildman–Crippen LogP) is -0.442. The van der Waals surface area contributed by atoms with Crippen molar-refractivity contribution in [3.05, 3.63) is 17.8 Å². The van der Waals surface area contributed by atoms with Crippen LogP contribution in [0.5, 0.6) is 0 Å². The van der Waals surface area contributed by atoms with Gasteiger partial charge in [0.05, 0.1) is 12.2 Å². The standard InChI is InChI=1S/C7H11N3O2/c1-5-10-6(4-12-5)2-9-3-7(8)11/h4,9H,2-3H2,1H3,(H2,8,11). The van der Waals surface area contributed by atoms with E-state index in [9.17, 15) is 4.79 Å². The summed E-state index contributed by atoms with van der Waals surface area (Å²) in [5.74, 6) is 0.237. The van der Waals surface area contributed by atoms with E-state index >= 15 is 0 Å². The highest BCUT2D eigenvalue weighted by Crippen LogP contribution is 1.98. The van der Waals surface area contributed by atoms with E-state index in [1.807, 2.05) is 0 Å². The Labute approximate surface area is 70.0 Å². The number of carbonyl (C=O) groups excluding carboxylic acids is 1. The van der Waals surface area contributed by atoms with E-state index in [-0.39, 0.29) is 12.5 Å². The summed E-state index contributed by atoms with van der Waals surface area (Å²) in [4.78, 5) is 14.3. The second-order valence-corrected chi connectivity index (χ2v) is 2.43. The quantitative estimate of drug-likeness (QED) is 0.640. The molecule has 0 aliphatic rings. The Hall–Kier alpha value is -1.36. The molecule has 0 atom stereocenters. The zero-order valence-electron chi connectivity index (χ0n) is 6.83. The average molecular weight is 169 g/mol. The maximum atomic E-state index is 10.3. The summed E-state index contributed by atoms with van der Waals surface area (Å²) in [5, 5.41) is 2.82. The first kappa shape index (κ1) is 8.73. The van der Waals surface area contributed by atoms with Gasteiger partial charge in [-0.15, -0.1) is 0 Å². The number of nitrogens with zero attached hydrogens (tertiary/aromatic N) is 1. The van der Waals surface area contributed by atoms with Crippen LogP contribution < -0.4 is 11.1 Å². The Kier molecular flexibility index (Phi) is 2.82. The molecule has 1 amide bonds. The number of oxazole rings is 1. The van der Waals surface area contributed by atoms with Gasteiger partial charge in [-0.3, -0.25) is 4.79 Å². The SMILES string of the molecule is Cc1nc(CNCC(N)=O)co1. The monoisotopic (exact) mass is 169 g/mol. The Bertz CT molecular complexity index is 269. The molecule has 0 radical (unpaired) electrons. The van der Waals surface area contributed by atoms with E-state index in [1.165, 1.54) is 0 Å². The topological polar surface area (TPSA) is 81.1 Å². The second kappa shape index (κ2) is 3.87. The molecule has 0 fully saturated rings. The minimum Gasteiger partial charge on any atom is -0.449 e. The first-order valence-electron chi connectivity index (χ1n) is 3.58. The number of aryl methyl sites for hydroxylation is 1. The number of hydrogen-bond acceptors (Lipinski definition) is 4. The largest absolute Gasteiger partial charge is 0.449 e. The lowest BCUT2D eigenvalue weighted by Gasteiger charge is -1.96. The van der Waals surface area contributed by atoms with Crippen LogP contribution in [-0.2, 0) is 11.3 Å². The molecule has 0 saturated heterocycles. The molecule has 0 bridgehead atoms. The van der Waals surface area contributed by atoms with Gasteiger partial charge in [0, 0.05) is 13.5 Å². The molecule has 1 rings (SSSR count). The molecule has 12 heavy (non-hydrogen) atoms. The third kappa shape index (κ3) is 2.71. The first-order valence-corrected chi connectivity index (χ1v) is 3.58. The van der Waals surface area contributed by atoms with Crippen molar-refractivity contribution < 1.29 is 9.21 Å². The van der Waals surface area contributed by atoms with Gasteiger partial charge in [0.1, 0.15) is 6.26 Å². The van der Waals surface area contributed by atoms with Crippen molar-refractivity contribution in [3.8, 4) is 0 Å². The number of hydrogen-bond donors (Lipinski definition) is 2. The number of aromatic nitrogens is 1. The highest BCUT2D eigenvalue weighted by molar-refractivity contribution is 5.75. The lowest BCUT2D eigenvalue weighted by atomic mass is 10.4. The molecule has 0 aliphatic carbocycles. The van der Waals surface area contributed by atoms with Crippen LogP contribution in [0.25, 0.3) is 0 Å². The number of nitrogens with one attached hydrogen (secondary N) is 1. The summed E-state index contributed by atoms with van der Waals surface area (Å²) < 4.78 is 4.95. The third-order valence-electron chi connectivity index (χ3n) is 1.27. The number of amides is 1. The fourth-order valence-electron chi connectivity index (χ4n) is 0.803. The van der Waals surface area contributed by atoms with Crippen molar-refractivity contribution in [2.24, 2.45) is 5.73 Å². The van der Waals surface area contributed by atoms with Gasteiger partial charge in [-0.1, -0.05) is 0 Å². The maximum Gasteiger partial charge on any atom is 0.231 e. The molecule has 5 heteroatoms. The van der Waals surface area contributed by atoms with Gasteiger partial charge in [-0.05, 0) is 0 Å². The Balaban J connectivity index is 2.29.